The van der Waals surface area contributed by atoms with Crippen molar-refractivity contribution in [2.45, 2.75) is 0 Å². The van der Waals surface area contributed by atoms with Crippen LogP contribution in [-0.2, 0) is 7.05 Å². The average molecular weight is 194 g/mol. The van der Waals surface area contributed by atoms with Gasteiger partial charge in [-0.1, -0.05) is 11.6 Å². The highest BCUT2D eigenvalue weighted by molar-refractivity contribution is 6.30. The van der Waals surface area contributed by atoms with Crippen LogP contribution in [0.5, 0.6) is 0 Å². The zero-order valence-corrected chi connectivity index (χ0v) is 7.86. The fourth-order valence-corrected chi connectivity index (χ4v) is 1.19. The highest BCUT2D eigenvalue weighted by Gasteiger charge is 2.01. The molecule has 0 aliphatic heterocycles. The van der Waals surface area contributed by atoms with Crippen molar-refractivity contribution < 1.29 is 0 Å². The lowest BCUT2D eigenvalue weighted by Crippen LogP contribution is -1.89. The van der Waals surface area contributed by atoms with Crippen LogP contribution in [0, 0.1) is 0 Å². The summed E-state index contributed by atoms with van der Waals surface area (Å²) in [4.78, 5) is 4.15. The fourth-order valence-electron chi connectivity index (χ4n) is 1.08. The first kappa shape index (κ1) is 8.26. The maximum atomic E-state index is 5.72. The molecule has 0 saturated carbocycles. The molecule has 0 radical (unpaired) electrons. The summed E-state index contributed by atoms with van der Waals surface area (Å²) in [6.45, 7) is 0. The van der Waals surface area contributed by atoms with Gasteiger partial charge in [0.2, 0.25) is 0 Å². The molecule has 3 nitrogen and oxygen atoms in total. The van der Waals surface area contributed by atoms with Crippen LogP contribution in [0.1, 0.15) is 0 Å². The molecule has 0 aromatic carbocycles. The molecule has 0 spiro atoms. The minimum Gasteiger partial charge on any atom is -0.275 e. The molecule has 0 aliphatic carbocycles. The van der Waals surface area contributed by atoms with Crippen LogP contribution in [0.2, 0.25) is 5.02 Å². The van der Waals surface area contributed by atoms with E-state index in [1.807, 2.05) is 25.4 Å². The Morgan fingerprint density at radius 1 is 1.23 bits per heavy atom. The molecular formula is C9H8ClN3. The molecule has 4 heteroatoms. The SMILES string of the molecule is Cn1ccc(-c2ccc(Cl)cn2)n1. The van der Waals surface area contributed by atoms with Gasteiger partial charge in [0.05, 0.1) is 10.7 Å². The maximum Gasteiger partial charge on any atom is 0.111 e. The summed E-state index contributed by atoms with van der Waals surface area (Å²) in [5, 5.41) is 4.86. The average Bonchev–Trinajstić information content (AvgIpc) is 2.53. The van der Waals surface area contributed by atoms with Gasteiger partial charge in [0, 0.05) is 19.4 Å². The normalized spacial score (nSPS) is 10.3. The van der Waals surface area contributed by atoms with Gasteiger partial charge in [-0.2, -0.15) is 5.10 Å². The Morgan fingerprint density at radius 2 is 2.08 bits per heavy atom. The van der Waals surface area contributed by atoms with E-state index < -0.39 is 0 Å². The van der Waals surface area contributed by atoms with E-state index in [9.17, 15) is 0 Å². The van der Waals surface area contributed by atoms with E-state index in [2.05, 4.69) is 10.1 Å². The molecule has 2 rings (SSSR count). The zero-order chi connectivity index (χ0) is 9.26. The maximum absolute atomic E-state index is 5.72. The quantitative estimate of drug-likeness (QED) is 0.695. The van der Waals surface area contributed by atoms with Crippen LogP contribution >= 0.6 is 11.6 Å². The van der Waals surface area contributed by atoms with Crippen molar-refractivity contribution >= 4 is 11.6 Å². The van der Waals surface area contributed by atoms with Crippen LogP contribution in [-0.4, -0.2) is 14.8 Å². The van der Waals surface area contributed by atoms with Gasteiger partial charge in [-0.15, -0.1) is 0 Å². The van der Waals surface area contributed by atoms with Gasteiger partial charge in [-0.25, -0.2) is 0 Å². The van der Waals surface area contributed by atoms with Gasteiger partial charge >= 0.3 is 0 Å². The summed E-state index contributed by atoms with van der Waals surface area (Å²) in [6.07, 6.45) is 3.50. The number of pyridine rings is 1. The van der Waals surface area contributed by atoms with Crippen LogP contribution < -0.4 is 0 Å². The van der Waals surface area contributed by atoms with E-state index >= 15 is 0 Å². The Bertz CT molecular complexity index is 405. The minimum atomic E-state index is 0.639. The smallest absolute Gasteiger partial charge is 0.111 e. The molecule has 0 bridgehead atoms. The molecule has 0 fully saturated rings. The number of hydrogen-bond donors (Lipinski definition) is 0. The van der Waals surface area contributed by atoms with Crippen molar-refractivity contribution in [2.24, 2.45) is 7.05 Å². The van der Waals surface area contributed by atoms with Crippen molar-refractivity contribution in [1.29, 1.82) is 0 Å². The summed E-state index contributed by atoms with van der Waals surface area (Å²) >= 11 is 5.72. The number of halogens is 1. The lowest BCUT2D eigenvalue weighted by molar-refractivity contribution is 0.770. The Hall–Kier alpha value is -1.35. The topological polar surface area (TPSA) is 30.7 Å². The number of aromatic nitrogens is 3. The fraction of sp³-hybridized carbons (Fsp3) is 0.111. The summed E-state index contributed by atoms with van der Waals surface area (Å²) in [7, 11) is 1.87. The summed E-state index contributed by atoms with van der Waals surface area (Å²) in [5.74, 6) is 0. The molecule has 0 saturated heterocycles. The first-order chi connectivity index (χ1) is 6.25. The number of aryl methyl sites for hydroxylation is 1. The second-order valence-electron chi connectivity index (χ2n) is 2.74. The molecule has 2 heterocycles. The van der Waals surface area contributed by atoms with Crippen molar-refractivity contribution in [1.82, 2.24) is 14.8 Å². The van der Waals surface area contributed by atoms with E-state index in [1.54, 1.807) is 16.9 Å². The van der Waals surface area contributed by atoms with Gasteiger partial charge in [-0.05, 0) is 18.2 Å². The van der Waals surface area contributed by atoms with Crippen LogP contribution in [0.15, 0.2) is 30.6 Å². The van der Waals surface area contributed by atoms with Crippen molar-refractivity contribution in [3.63, 3.8) is 0 Å². The molecule has 0 amide bonds. The van der Waals surface area contributed by atoms with E-state index in [0.29, 0.717) is 5.02 Å². The van der Waals surface area contributed by atoms with Gasteiger partial charge in [-0.3, -0.25) is 9.67 Å². The van der Waals surface area contributed by atoms with E-state index in [1.165, 1.54) is 0 Å². The third-order valence-corrected chi connectivity index (χ3v) is 1.93. The highest BCUT2D eigenvalue weighted by Crippen LogP contribution is 2.15. The second-order valence-corrected chi connectivity index (χ2v) is 3.17. The molecule has 66 valence electrons. The summed E-state index contributed by atoms with van der Waals surface area (Å²) in [5.41, 5.74) is 1.70. The molecule has 13 heavy (non-hydrogen) atoms. The highest BCUT2D eigenvalue weighted by atomic mass is 35.5. The van der Waals surface area contributed by atoms with Crippen molar-refractivity contribution in [2.75, 3.05) is 0 Å². The predicted octanol–water partition coefficient (Wildman–Crippen LogP) is 2.14. The number of rotatable bonds is 1. The molecular weight excluding hydrogens is 186 g/mol. The Labute approximate surface area is 81.0 Å². The van der Waals surface area contributed by atoms with E-state index in [-0.39, 0.29) is 0 Å². The van der Waals surface area contributed by atoms with Gasteiger partial charge < -0.3 is 0 Å². The van der Waals surface area contributed by atoms with Crippen LogP contribution in [0.3, 0.4) is 0 Å². The zero-order valence-electron chi connectivity index (χ0n) is 7.11. The third kappa shape index (κ3) is 1.70. The third-order valence-electron chi connectivity index (χ3n) is 1.70. The lowest BCUT2D eigenvalue weighted by atomic mass is 10.3. The van der Waals surface area contributed by atoms with Crippen molar-refractivity contribution in [3.8, 4) is 11.4 Å². The van der Waals surface area contributed by atoms with Crippen LogP contribution in [0.4, 0.5) is 0 Å². The lowest BCUT2D eigenvalue weighted by Gasteiger charge is -1.94. The minimum absolute atomic E-state index is 0.639. The molecule has 0 aliphatic rings. The molecule has 0 unspecified atom stereocenters. The Balaban J connectivity index is 2.41. The van der Waals surface area contributed by atoms with E-state index in [4.69, 9.17) is 11.6 Å². The number of nitrogens with zero attached hydrogens (tertiary/aromatic N) is 3. The predicted molar refractivity (Wildman–Crippen MR) is 51.4 cm³/mol. The molecule has 2 aromatic heterocycles. The summed E-state index contributed by atoms with van der Waals surface area (Å²) < 4.78 is 1.74. The number of hydrogen-bond acceptors (Lipinski definition) is 2. The van der Waals surface area contributed by atoms with Gasteiger partial charge in [0.25, 0.3) is 0 Å². The molecule has 0 atom stereocenters. The van der Waals surface area contributed by atoms with Crippen LogP contribution in [0.25, 0.3) is 11.4 Å². The molecule has 2 aromatic rings. The first-order valence-corrected chi connectivity index (χ1v) is 4.25. The first-order valence-electron chi connectivity index (χ1n) is 3.87. The monoisotopic (exact) mass is 193 g/mol. The largest absolute Gasteiger partial charge is 0.275 e. The van der Waals surface area contributed by atoms with Gasteiger partial charge in [0.15, 0.2) is 0 Å². The second kappa shape index (κ2) is 3.18. The summed E-state index contributed by atoms with van der Waals surface area (Å²) in [6, 6.07) is 5.57. The Kier molecular flexibility index (Phi) is 2.02. The van der Waals surface area contributed by atoms with Gasteiger partial charge in [0.1, 0.15) is 5.69 Å². The molecule has 0 N–H and O–H groups in total. The van der Waals surface area contributed by atoms with E-state index in [0.717, 1.165) is 11.4 Å². The standard InChI is InChI=1S/C9H8ClN3/c1-13-5-4-9(12-13)8-3-2-7(10)6-11-8/h2-6H,1H3. The van der Waals surface area contributed by atoms with Crippen molar-refractivity contribution in [3.05, 3.63) is 35.6 Å². The Morgan fingerprint density at radius 3 is 2.62 bits per heavy atom.